The van der Waals surface area contributed by atoms with Crippen molar-refractivity contribution in [2.75, 3.05) is 0 Å². The third-order valence-corrected chi connectivity index (χ3v) is 4.45. The smallest absolute Gasteiger partial charge is 0.312 e. The third-order valence-electron chi connectivity index (χ3n) is 4.45. The molecule has 6 heteroatoms. The van der Waals surface area contributed by atoms with Crippen molar-refractivity contribution in [3.63, 3.8) is 0 Å². The molecule has 2 fully saturated rings. The third kappa shape index (κ3) is 2.12. The van der Waals surface area contributed by atoms with Crippen LogP contribution in [0.25, 0.3) is 0 Å². The average molecular weight is 279 g/mol. The summed E-state index contributed by atoms with van der Waals surface area (Å²) in [6.07, 6.45) is 4.29. The van der Waals surface area contributed by atoms with Gasteiger partial charge in [0.1, 0.15) is 17.6 Å². The van der Waals surface area contributed by atoms with Crippen LogP contribution in [-0.2, 0) is 22.5 Å². The van der Waals surface area contributed by atoms with Crippen molar-refractivity contribution in [2.45, 2.75) is 58.3 Å². The highest BCUT2D eigenvalue weighted by Crippen LogP contribution is 2.49. The first-order chi connectivity index (χ1) is 9.51. The number of rotatable bonds is 5. The van der Waals surface area contributed by atoms with E-state index in [1.54, 1.807) is 0 Å². The van der Waals surface area contributed by atoms with Gasteiger partial charge in [0.15, 0.2) is 0 Å². The van der Waals surface area contributed by atoms with Crippen molar-refractivity contribution < 1.29 is 14.6 Å². The molecule has 0 spiro atoms. The molecule has 6 nitrogen and oxygen atoms in total. The van der Waals surface area contributed by atoms with Crippen LogP contribution >= 0.6 is 0 Å². The second-order valence-electron chi connectivity index (χ2n) is 6.42. The summed E-state index contributed by atoms with van der Waals surface area (Å²) in [4.78, 5) is 16.1. The van der Waals surface area contributed by atoms with E-state index in [1.165, 1.54) is 6.33 Å². The Labute approximate surface area is 118 Å². The van der Waals surface area contributed by atoms with Crippen LogP contribution in [0.4, 0.5) is 0 Å². The molecular weight excluding hydrogens is 258 g/mol. The van der Waals surface area contributed by atoms with Crippen LogP contribution in [-0.4, -0.2) is 38.0 Å². The van der Waals surface area contributed by atoms with Crippen molar-refractivity contribution in [1.29, 1.82) is 0 Å². The predicted octanol–water partition coefficient (Wildman–Crippen LogP) is 1.50. The molecule has 3 heterocycles. The zero-order chi connectivity index (χ0) is 14.3. The quantitative estimate of drug-likeness (QED) is 0.883. The first-order valence-corrected chi connectivity index (χ1v) is 7.27. The van der Waals surface area contributed by atoms with Crippen LogP contribution in [0.1, 0.15) is 38.9 Å². The monoisotopic (exact) mass is 279 g/mol. The van der Waals surface area contributed by atoms with Crippen LogP contribution in [0.5, 0.6) is 0 Å². The molecule has 2 aliphatic rings. The van der Waals surface area contributed by atoms with Crippen LogP contribution in [0.15, 0.2) is 6.33 Å². The van der Waals surface area contributed by atoms with Gasteiger partial charge >= 0.3 is 5.97 Å². The SMILES string of the molecule is CC(C)Cn1ncnc1CC1(C(=O)O)CC2CCC1O2. The van der Waals surface area contributed by atoms with Gasteiger partial charge in [-0.25, -0.2) is 9.67 Å². The van der Waals surface area contributed by atoms with Gasteiger partial charge in [-0.05, 0) is 25.2 Å². The molecule has 2 bridgehead atoms. The van der Waals surface area contributed by atoms with E-state index >= 15 is 0 Å². The highest BCUT2D eigenvalue weighted by Gasteiger charge is 2.57. The minimum Gasteiger partial charge on any atom is -0.481 e. The molecule has 2 saturated heterocycles. The van der Waals surface area contributed by atoms with Gasteiger partial charge in [0.05, 0.1) is 12.2 Å². The van der Waals surface area contributed by atoms with E-state index in [-0.39, 0.29) is 12.2 Å². The molecule has 20 heavy (non-hydrogen) atoms. The summed E-state index contributed by atoms with van der Waals surface area (Å²) in [6.45, 7) is 4.98. The number of carboxylic acid groups (broad SMARTS) is 1. The maximum Gasteiger partial charge on any atom is 0.312 e. The Hall–Kier alpha value is -1.43. The van der Waals surface area contributed by atoms with E-state index in [2.05, 4.69) is 23.9 Å². The lowest BCUT2D eigenvalue weighted by Crippen LogP contribution is -2.43. The molecule has 1 N–H and O–H groups in total. The number of hydrogen-bond acceptors (Lipinski definition) is 4. The highest BCUT2D eigenvalue weighted by molar-refractivity contribution is 5.76. The van der Waals surface area contributed by atoms with E-state index in [1.807, 2.05) is 4.68 Å². The van der Waals surface area contributed by atoms with E-state index in [9.17, 15) is 9.90 Å². The molecule has 3 rings (SSSR count). The van der Waals surface area contributed by atoms with Gasteiger partial charge in [-0.1, -0.05) is 13.8 Å². The standard InChI is InChI=1S/C14H21N3O3/c1-9(2)7-17-12(15-8-16-17)6-14(13(18)19)5-10-3-4-11(14)20-10/h8-11H,3-7H2,1-2H3,(H,18,19). The molecule has 3 unspecified atom stereocenters. The fourth-order valence-electron chi connectivity index (χ4n) is 3.49. The van der Waals surface area contributed by atoms with Crippen molar-refractivity contribution in [3.05, 3.63) is 12.2 Å². The lowest BCUT2D eigenvalue weighted by Gasteiger charge is -2.30. The number of aliphatic carboxylic acids is 1. The molecule has 1 aromatic heterocycles. The Kier molecular flexibility index (Phi) is 3.28. The fraction of sp³-hybridized carbons (Fsp3) is 0.786. The number of hydrogen-bond donors (Lipinski definition) is 1. The second kappa shape index (κ2) is 4.84. The molecular formula is C14H21N3O3. The Morgan fingerprint density at radius 1 is 1.60 bits per heavy atom. The molecule has 0 amide bonds. The maximum atomic E-state index is 11.8. The molecule has 0 saturated carbocycles. The minimum absolute atomic E-state index is 0.109. The number of carbonyl (C=O) groups is 1. The normalized spacial score (nSPS) is 32.1. The number of aromatic nitrogens is 3. The van der Waals surface area contributed by atoms with Crippen LogP contribution < -0.4 is 0 Å². The molecule has 0 aliphatic carbocycles. The van der Waals surface area contributed by atoms with E-state index in [0.717, 1.165) is 25.2 Å². The number of fused-ring (bicyclic) bond motifs is 2. The predicted molar refractivity (Wildman–Crippen MR) is 71.1 cm³/mol. The van der Waals surface area contributed by atoms with Crippen molar-refractivity contribution in [3.8, 4) is 0 Å². The molecule has 110 valence electrons. The molecule has 2 aliphatic heterocycles. The van der Waals surface area contributed by atoms with Crippen LogP contribution in [0.2, 0.25) is 0 Å². The Morgan fingerprint density at radius 3 is 2.95 bits per heavy atom. The van der Waals surface area contributed by atoms with E-state index in [4.69, 9.17) is 4.74 Å². The van der Waals surface area contributed by atoms with Gasteiger partial charge in [-0.2, -0.15) is 5.10 Å². The van der Waals surface area contributed by atoms with Crippen LogP contribution in [0.3, 0.4) is 0 Å². The summed E-state index contributed by atoms with van der Waals surface area (Å²) in [7, 11) is 0. The van der Waals surface area contributed by atoms with Crippen molar-refractivity contribution in [2.24, 2.45) is 11.3 Å². The first-order valence-electron chi connectivity index (χ1n) is 7.27. The summed E-state index contributed by atoms with van der Waals surface area (Å²) < 4.78 is 7.62. The van der Waals surface area contributed by atoms with Gasteiger partial charge in [0.25, 0.3) is 0 Å². The largest absolute Gasteiger partial charge is 0.481 e. The van der Waals surface area contributed by atoms with Gasteiger partial charge in [-0.3, -0.25) is 4.79 Å². The Morgan fingerprint density at radius 2 is 2.40 bits per heavy atom. The summed E-state index contributed by atoms with van der Waals surface area (Å²) in [5.41, 5.74) is -0.815. The summed E-state index contributed by atoms with van der Waals surface area (Å²) in [6, 6.07) is 0. The van der Waals surface area contributed by atoms with Crippen molar-refractivity contribution >= 4 is 5.97 Å². The van der Waals surface area contributed by atoms with Gasteiger partial charge < -0.3 is 9.84 Å². The minimum atomic E-state index is -0.815. The maximum absolute atomic E-state index is 11.8. The Bertz CT molecular complexity index is 514. The topological polar surface area (TPSA) is 77.2 Å². The zero-order valence-electron chi connectivity index (χ0n) is 12.0. The van der Waals surface area contributed by atoms with E-state index < -0.39 is 11.4 Å². The fourth-order valence-corrected chi connectivity index (χ4v) is 3.49. The number of nitrogens with zero attached hydrogens (tertiary/aromatic N) is 3. The second-order valence-corrected chi connectivity index (χ2v) is 6.42. The number of ether oxygens (including phenoxy) is 1. The summed E-state index contributed by atoms with van der Waals surface area (Å²) in [5.74, 6) is 0.452. The molecule has 0 radical (unpaired) electrons. The molecule has 3 atom stereocenters. The summed E-state index contributed by atoms with van der Waals surface area (Å²) in [5, 5.41) is 13.9. The average Bonchev–Trinajstić information content (AvgIpc) is 3.05. The van der Waals surface area contributed by atoms with Gasteiger partial charge in [-0.15, -0.1) is 0 Å². The lowest BCUT2D eigenvalue weighted by molar-refractivity contribution is -0.152. The number of carboxylic acids is 1. The van der Waals surface area contributed by atoms with Crippen LogP contribution in [0, 0.1) is 11.3 Å². The molecule has 0 aromatic carbocycles. The lowest BCUT2D eigenvalue weighted by atomic mass is 9.71. The Balaban J connectivity index is 1.85. The van der Waals surface area contributed by atoms with Gasteiger partial charge in [0.2, 0.25) is 0 Å². The highest BCUT2D eigenvalue weighted by atomic mass is 16.5. The van der Waals surface area contributed by atoms with E-state index in [0.29, 0.717) is 18.8 Å². The van der Waals surface area contributed by atoms with Gasteiger partial charge in [0, 0.05) is 13.0 Å². The van der Waals surface area contributed by atoms with Crippen molar-refractivity contribution in [1.82, 2.24) is 14.8 Å². The zero-order valence-corrected chi connectivity index (χ0v) is 12.0. The first kappa shape index (κ1) is 13.5. The molecule has 1 aromatic rings. The summed E-state index contributed by atoms with van der Waals surface area (Å²) >= 11 is 0.